The van der Waals surface area contributed by atoms with Crippen molar-refractivity contribution in [1.82, 2.24) is 34.9 Å². The average molecular weight is 711 g/mol. The number of benzene rings is 1. The number of hydrogen-bond acceptors (Lipinski definition) is 11. The van der Waals surface area contributed by atoms with Gasteiger partial charge in [0.15, 0.2) is 17.3 Å². The average Bonchev–Trinajstić information content (AvgIpc) is 3.06. The predicted molar refractivity (Wildman–Crippen MR) is 193 cm³/mol. The summed E-state index contributed by atoms with van der Waals surface area (Å²) in [6.07, 6.45) is 4.23. The highest BCUT2D eigenvalue weighted by molar-refractivity contribution is 5.96. The normalized spacial score (nSPS) is 17.0. The van der Waals surface area contributed by atoms with Crippen LogP contribution in [0.3, 0.4) is 0 Å². The molecule has 2 aromatic rings. The third-order valence-electron chi connectivity index (χ3n) is 8.86. The maximum Gasteiger partial charge on any atom is 0.410 e. The molecule has 2 saturated heterocycles. The Hall–Kier alpha value is -4.37. The molecule has 0 saturated carbocycles. The van der Waals surface area contributed by atoms with Crippen molar-refractivity contribution in [2.75, 3.05) is 70.8 Å². The molecular formula is C36H54N8O7. The maximum atomic E-state index is 13.1. The van der Waals surface area contributed by atoms with Crippen molar-refractivity contribution in [3.05, 3.63) is 40.4 Å². The number of likely N-dealkylation sites (tertiary alicyclic amines) is 1. The Morgan fingerprint density at radius 1 is 0.863 bits per heavy atom. The molecule has 3 N–H and O–H groups in total. The van der Waals surface area contributed by atoms with Gasteiger partial charge in [-0.2, -0.15) is 4.98 Å². The summed E-state index contributed by atoms with van der Waals surface area (Å²) in [6, 6.07) is 5.18. The number of alkyl carbamates (subject to hydrolysis) is 1. The lowest BCUT2D eigenvalue weighted by molar-refractivity contribution is 0.0144. The molecule has 1 aromatic heterocycles. The van der Waals surface area contributed by atoms with Gasteiger partial charge < -0.3 is 40.0 Å². The molecule has 0 radical (unpaired) electrons. The lowest BCUT2D eigenvalue weighted by atomic mass is 10.0. The van der Waals surface area contributed by atoms with Crippen LogP contribution >= 0.6 is 0 Å². The maximum absolute atomic E-state index is 13.1. The molecule has 0 unspecified atom stereocenters. The summed E-state index contributed by atoms with van der Waals surface area (Å²) in [4.78, 5) is 60.9. The molecule has 3 aliphatic rings. The second kappa shape index (κ2) is 16.3. The number of carbonyl (C=O) groups excluding carboxylic acids is 3. The van der Waals surface area contributed by atoms with Gasteiger partial charge in [0, 0.05) is 64.0 Å². The third-order valence-corrected chi connectivity index (χ3v) is 8.86. The molecular weight excluding hydrogens is 656 g/mol. The molecule has 3 amide bonds. The number of hydrogen-bond donors (Lipinski definition) is 3. The summed E-state index contributed by atoms with van der Waals surface area (Å²) in [6.45, 7) is 18.3. The third kappa shape index (κ3) is 11.1. The number of carbonyl (C=O) groups is 3. The minimum Gasteiger partial charge on any atom is -0.450 e. The van der Waals surface area contributed by atoms with Crippen LogP contribution in [0.5, 0.6) is 11.5 Å². The number of aromatic nitrogens is 2. The summed E-state index contributed by atoms with van der Waals surface area (Å²) >= 11 is 0. The first-order valence-corrected chi connectivity index (χ1v) is 18.0. The van der Waals surface area contributed by atoms with Crippen LogP contribution in [0.15, 0.2) is 29.2 Å². The number of amides is 3. The van der Waals surface area contributed by atoms with Crippen molar-refractivity contribution in [3.63, 3.8) is 0 Å². The van der Waals surface area contributed by atoms with E-state index in [1.165, 1.54) is 0 Å². The number of ether oxygens (including phenoxy) is 3. The van der Waals surface area contributed by atoms with Crippen molar-refractivity contribution in [2.24, 2.45) is 0 Å². The lowest BCUT2D eigenvalue weighted by Gasteiger charge is -2.35. The standard InChI is InChI=1S/C36H54N8O7/c1-35(2,3)50-33(47)38-14-8-15-41-17-11-26(12-18-41)44-24-29-30(40-32(44)46)39-27-23-25(9-10-28(27)49-29)31(45)37-13-7-16-42-19-21-43(22-20-42)34(48)51-36(4,5)6/h9-10,23-24,26H,7-8,11-22H2,1-6H3,(H,37,45)(H,38,47)(H,39,40,46). The first-order chi connectivity index (χ1) is 24.1. The summed E-state index contributed by atoms with van der Waals surface area (Å²) in [5.74, 6) is 1.13. The van der Waals surface area contributed by atoms with Gasteiger partial charge in [0.25, 0.3) is 5.91 Å². The number of piperidine rings is 1. The van der Waals surface area contributed by atoms with E-state index in [9.17, 15) is 19.2 Å². The van der Waals surface area contributed by atoms with Gasteiger partial charge in [-0.3, -0.25) is 14.3 Å². The highest BCUT2D eigenvalue weighted by Crippen LogP contribution is 2.41. The molecule has 2 fully saturated rings. The van der Waals surface area contributed by atoms with Crippen molar-refractivity contribution in [2.45, 2.75) is 84.5 Å². The highest BCUT2D eigenvalue weighted by Gasteiger charge is 2.27. The van der Waals surface area contributed by atoms with E-state index in [1.807, 2.05) is 41.5 Å². The summed E-state index contributed by atoms with van der Waals surface area (Å²) in [5.41, 5.74) is -0.341. The van der Waals surface area contributed by atoms with E-state index in [2.05, 4.69) is 30.7 Å². The Morgan fingerprint density at radius 2 is 1.49 bits per heavy atom. The fourth-order valence-electron chi connectivity index (χ4n) is 6.30. The molecule has 5 rings (SSSR count). The number of fused-ring (bicyclic) bond motifs is 2. The van der Waals surface area contributed by atoms with E-state index in [-0.39, 0.29) is 23.7 Å². The molecule has 0 bridgehead atoms. The van der Waals surface area contributed by atoms with Crippen LogP contribution in [-0.4, -0.2) is 119 Å². The van der Waals surface area contributed by atoms with Gasteiger partial charge in [0.1, 0.15) is 11.2 Å². The van der Waals surface area contributed by atoms with E-state index in [1.54, 1.807) is 33.9 Å². The van der Waals surface area contributed by atoms with E-state index < -0.39 is 17.3 Å². The van der Waals surface area contributed by atoms with Gasteiger partial charge in [0.2, 0.25) is 0 Å². The molecule has 51 heavy (non-hydrogen) atoms. The van der Waals surface area contributed by atoms with Crippen molar-refractivity contribution in [3.8, 4) is 11.5 Å². The van der Waals surface area contributed by atoms with Gasteiger partial charge in [-0.1, -0.05) is 0 Å². The largest absolute Gasteiger partial charge is 0.450 e. The van der Waals surface area contributed by atoms with E-state index in [0.29, 0.717) is 54.7 Å². The molecule has 0 spiro atoms. The Kier molecular flexibility index (Phi) is 12.1. The Labute approximate surface area is 300 Å². The van der Waals surface area contributed by atoms with E-state index in [0.717, 1.165) is 65.0 Å². The van der Waals surface area contributed by atoms with Crippen molar-refractivity contribution in [1.29, 1.82) is 0 Å². The SMILES string of the molecule is CC(C)(C)OC(=O)NCCCN1CCC(n2cc3c(nc2=O)Nc2cc(C(=O)NCCCN4CCN(C(=O)OC(C)(C)C)CC4)ccc2O3)CC1. The summed E-state index contributed by atoms with van der Waals surface area (Å²) in [7, 11) is 0. The first kappa shape index (κ1) is 37.9. The van der Waals surface area contributed by atoms with Gasteiger partial charge in [-0.15, -0.1) is 0 Å². The molecule has 0 atom stereocenters. The zero-order chi connectivity index (χ0) is 36.8. The number of piperazine rings is 1. The van der Waals surface area contributed by atoms with Crippen LogP contribution in [0.1, 0.15) is 83.6 Å². The quantitative estimate of drug-likeness (QED) is 0.257. The minimum absolute atomic E-state index is 0.00403. The van der Waals surface area contributed by atoms with E-state index in [4.69, 9.17) is 14.2 Å². The minimum atomic E-state index is -0.519. The first-order valence-electron chi connectivity index (χ1n) is 18.0. The van der Waals surface area contributed by atoms with Crippen LogP contribution in [0.25, 0.3) is 0 Å². The van der Waals surface area contributed by atoms with Crippen LogP contribution < -0.4 is 26.4 Å². The van der Waals surface area contributed by atoms with Gasteiger partial charge >= 0.3 is 17.9 Å². The molecule has 1 aromatic carbocycles. The van der Waals surface area contributed by atoms with Gasteiger partial charge in [-0.05, 0) is 98.5 Å². The molecule has 15 nitrogen and oxygen atoms in total. The second-order valence-corrected chi connectivity index (χ2v) is 15.4. The number of anilines is 2. The van der Waals surface area contributed by atoms with Crippen LogP contribution in [0.2, 0.25) is 0 Å². The number of rotatable bonds is 10. The summed E-state index contributed by atoms with van der Waals surface area (Å²) in [5, 5.41) is 8.96. The zero-order valence-corrected chi connectivity index (χ0v) is 30.9. The predicted octanol–water partition coefficient (Wildman–Crippen LogP) is 4.32. The van der Waals surface area contributed by atoms with Crippen molar-refractivity contribution >= 4 is 29.6 Å². The Bertz CT molecular complexity index is 1600. The molecule has 3 aliphatic heterocycles. The van der Waals surface area contributed by atoms with Crippen molar-refractivity contribution < 1.29 is 28.6 Å². The fraction of sp³-hybridized carbons (Fsp3) is 0.639. The van der Waals surface area contributed by atoms with Crippen LogP contribution in [0.4, 0.5) is 21.1 Å². The fourth-order valence-corrected chi connectivity index (χ4v) is 6.30. The number of nitrogens with one attached hydrogen (secondary N) is 3. The topological polar surface area (TPSA) is 160 Å². The lowest BCUT2D eigenvalue weighted by Crippen LogP contribution is -2.50. The molecule has 280 valence electrons. The molecule has 0 aliphatic carbocycles. The number of nitrogens with zero attached hydrogens (tertiary/aromatic N) is 5. The monoisotopic (exact) mass is 710 g/mol. The zero-order valence-electron chi connectivity index (χ0n) is 30.9. The highest BCUT2D eigenvalue weighted by atomic mass is 16.6. The second-order valence-electron chi connectivity index (χ2n) is 15.4. The van der Waals surface area contributed by atoms with Gasteiger partial charge in [-0.25, -0.2) is 14.4 Å². The van der Waals surface area contributed by atoms with Crippen LogP contribution in [-0.2, 0) is 9.47 Å². The summed E-state index contributed by atoms with van der Waals surface area (Å²) < 4.78 is 18.6. The molecule has 4 heterocycles. The van der Waals surface area contributed by atoms with Crippen LogP contribution in [0, 0.1) is 0 Å². The smallest absolute Gasteiger partial charge is 0.410 e. The van der Waals surface area contributed by atoms with E-state index >= 15 is 0 Å². The Morgan fingerprint density at radius 3 is 2.14 bits per heavy atom. The van der Waals surface area contributed by atoms with Gasteiger partial charge in [0.05, 0.1) is 11.9 Å². The molecule has 15 heteroatoms. The Balaban J connectivity index is 1.04.